The number of rotatable bonds is 0. The summed E-state index contributed by atoms with van der Waals surface area (Å²) in [5, 5.41) is 15.1. The Morgan fingerprint density at radius 2 is 2.11 bits per heavy atom. The van der Waals surface area contributed by atoms with Crippen LogP contribution in [0.5, 0.6) is 0 Å². The van der Waals surface area contributed by atoms with Gasteiger partial charge in [-0.25, -0.2) is 4.99 Å². The van der Waals surface area contributed by atoms with E-state index >= 15 is 0 Å². The third-order valence-corrected chi connectivity index (χ3v) is 3.05. The molecule has 4 rings (SSSR count). The molecular weight excluding hydrogens is 232 g/mol. The normalized spacial score (nSPS) is 23.1. The average Bonchev–Trinajstić information content (AvgIpc) is 2.92. The van der Waals surface area contributed by atoms with Crippen LogP contribution in [0.4, 0.5) is 0 Å². The lowest BCUT2D eigenvalue weighted by Gasteiger charge is -2.05. The Kier molecular flexibility index (Phi) is 1.58. The zero-order valence-electron chi connectivity index (χ0n) is 9.40. The summed E-state index contributed by atoms with van der Waals surface area (Å²) in [6.07, 6.45) is -0.567. The highest BCUT2D eigenvalue weighted by atomic mass is 16.1. The fourth-order valence-electron chi connectivity index (χ4n) is 2.21. The maximum atomic E-state index is 12.2. The lowest BCUT2D eigenvalue weighted by Crippen LogP contribution is -2.28. The second kappa shape index (κ2) is 3.00. The number of hydrogen-bond acceptors (Lipinski definition) is 6. The largest absolute Gasteiger partial charge is 0.374 e. The van der Waals surface area contributed by atoms with E-state index in [9.17, 15) is 4.79 Å². The molecule has 86 valence electrons. The number of aliphatic imine (C=N–C) groups is 1. The molecule has 7 heteroatoms. The van der Waals surface area contributed by atoms with E-state index in [1.165, 1.54) is 4.81 Å². The number of carbonyl (C=O) groups is 1. The molecule has 2 heterocycles. The Balaban J connectivity index is 1.99. The predicted octanol–water partition coefficient (Wildman–Crippen LogP) is 1.48. The molecule has 0 bridgehead atoms. The van der Waals surface area contributed by atoms with Gasteiger partial charge >= 0.3 is 6.29 Å². The summed E-state index contributed by atoms with van der Waals surface area (Å²) >= 11 is 0. The van der Waals surface area contributed by atoms with Crippen molar-refractivity contribution in [2.75, 3.05) is 0 Å². The first-order valence-electron chi connectivity index (χ1n) is 5.46. The summed E-state index contributed by atoms with van der Waals surface area (Å²) in [5.41, 5.74) is 3.45. The van der Waals surface area contributed by atoms with Gasteiger partial charge in [0.15, 0.2) is 10.9 Å². The Morgan fingerprint density at radius 1 is 1.22 bits per heavy atom. The van der Waals surface area contributed by atoms with Gasteiger partial charge in [-0.05, 0) is 13.0 Å². The number of ketones is 1. The van der Waals surface area contributed by atoms with Crippen molar-refractivity contribution in [1.82, 2.24) is 0 Å². The zero-order valence-corrected chi connectivity index (χ0v) is 9.40. The quantitative estimate of drug-likeness (QED) is 0.631. The molecule has 0 N–H and O–H groups in total. The standard InChI is InChI=1S/C11H7N6O/c1-5-2-3-6-7(4-5)8-9(10(6)18)14-17-11(12-8)13-15-16-17/h2-4,11H,1H3/q+1. The highest BCUT2D eigenvalue weighted by molar-refractivity contribution is 6.78. The van der Waals surface area contributed by atoms with E-state index in [0.717, 1.165) is 11.1 Å². The second-order valence-electron chi connectivity index (χ2n) is 4.27. The number of fused-ring (bicyclic) bond motifs is 4. The maximum Gasteiger partial charge on any atom is 0.374 e. The molecule has 0 saturated heterocycles. The molecule has 7 nitrogen and oxygen atoms in total. The molecule has 2 aliphatic heterocycles. The molecule has 1 aromatic carbocycles. The molecule has 1 aromatic rings. The molecule has 1 unspecified atom stereocenters. The number of aryl methyl sites for hydroxylation is 1. The van der Waals surface area contributed by atoms with Gasteiger partial charge in [-0.15, -0.1) is 0 Å². The van der Waals surface area contributed by atoms with Gasteiger partial charge in [-0.3, -0.25) is 4.79 Å². The summed E-state index contributed by atoms with van der Waals surface area (Å²) in [4.78, 5) is 17.8. The van der Waals surface area contributed by atoms with E-state index in [1.54, 1.807) is 6.07 Å². The lowest BCUT2D eigenvalue weighted by molar-refractivity contribution is -0.623. The molecule has 18 heavy (non-hydrogen) atoms. The topological polar surface area (TPSA) is 81.9 Å². The van der Waals surface area contributed by atoms with Crippen molar-refractivity contribution in [2.45, 2.75) is 13.2 Å². The lowest BCUT2D eigenvalue weighted by atomic mass is 10.1. The van der Waals surface area contributed by atoms with E-state index in [2.05, 4.69) is 25.7 Å². The summed E-state index contributed by atoms with van der Waals surface area (Å²) < 4.78 is 0. The number of hydrogen-bond donors (Lipinski definition) is 0. The van der Waals surface area contributed by atoms with Crippen LogP contribution in [0.2, 0.25) is 0 Å². The predicted molar refractivity (Wildman–Crippen MR) is 60.8 cm³/mol. The molecule has 0 amide bonds. The second-order valence-corrected chi connectivity index (χ2v) is 4.27. The van der Waals surface area contributed by atoms with Gasteiger partial charge in [-0.2, -0.15) is 0 Å². The van der Waals surface area contributed by atoms with Gasteiger partial charge in [0.1, 0.15) is 5.71 Å². The number of Topliss-reactive ketones (excluding diaryl/α,β-unsaturated/α-hetero) is 1. The van der Waals surface area contributed by atoms with Crippen LogP contribution in [-0.4, -0.2) is 28.3 Å². The minimum Gasteiger partial charge on any atom is -0.287 e. The van der Waals surface area contributed by atoms with Crippen LogP contribution in [0, 0.1) is 6.92 Å². The summed E-state index contributed by atoms with van der Waals surface area (Å²) in [6, 6.07) is 5.65. The Labute approximate surface area is 101 Å². The zero-order chi connectivity index (χ0) is 12.3. The fourth-order valence-corrected chi connectivity index (χ4v) is 2.21. The molecule has 1 aliphatic carbocycles. The first-order valence-corrected chi connectivity index (χ1v) is 5.46. The smallest absolute Gasteiger partial charge is 0.287 e. The van der Waals surface area contributed by atoms with Crippen molar-refractivity contribution >= 4 is 17.2 Å². The summed E-state index contributed by atoms with van der Waals surface area (Å²) in [6.45, 7) is 1.97. The average molecular weight is 239 g/mol. The van der Waals surface area contributed by atoms with E-state index in [4.69, 9.17) is 0 Å². The number of nitrogens with zero attached hydrogens (tertiary/aromatic N) is 6. The van der Waals surface area contributed by atoms with E-state index in [0.29, 0.717) is 17.0 Å². The van der Waals surface area contributed by atoms with E-state index in [1.807, 2.05) is 19.1 Å². The van der Waals surface area contributed by atoms with Crippen LogP contribution in [0.15, 0.2) is 43.9 Å². The van der Waals surface area contributed by atoms with Crippen LogP contribution in [0.1, 0.15) is 21.5 Å². The van der Waals surface area contributed by atoms with Crippen molar-refractivity contribution in [3.63, 3.8) is 0 Å². The first-order chi connectivity index (χ1) is 8.74. The molecule has 1 atom stereocenters. The number of benzene rings is 1. The van der Waals surface area contributed by atoms with E-state index < -0.39 is 6.29 Å². The molecule has 0 fully saturated rings. The molecule has 0 spiro atoms. The highest BCUT2D eigenvalue weighted by Crippen LogP contribution is 2.26. The first kappa shape index (κ1) is 9.46. The summed E-state index contributed by atoms with van der Waals surface area (Å²) in [5.74, 6) is -0.121. The van der Waals surface area contributed by atoms with Crippen molar-refractivity contribution in [1.29, 1.82) is 0 Å². The molecule has 0 saturated carbocycles. The maximum absolute atomic E-state index is 12.2. The van der Waals surface area contributed by atoms with Crippen LogP contribution < -0.4 is 0 Å². The Bertz CT molecular complexity index is 727. The molecule has 0 radical (unpaired) electrons. The van der Waals surface area contributed by atoms with Crippen molar-refractivity contribution in [3.05, 3.63) is 34.9 Å². The summed E-state index contributed by atoms with van der Waals surface area (Å²) in [7, 11) is 0. The Morgan fingerprint density at radius 3 is 3.00 bits per heavy atom. The van der Waals surface area contributed by atoms with Gasteiger partial charge in [-0.1, -0.05) is 22.8 Å². The molecule has 3 aliphatic rings. The van der Waals surface area contributed by atoms with Crippen LogP contribution in [0.25, 0.3) is 0 Å². The fraction of sp³-hybridized carbons (Fsp3) is 0.182. The third-order valence-electron chi connectivity index (χ3n) is 3.05. The van der Waals surface area contributed by atoms with Gasteiger partial charge in [0.2, 0.25) is 11.0 Å². The van der Waals surface area contributed by atoms with Gasteiger partial charge in [0.05, 0.1) is 0 Å². The van der Waals surface area contributed by atoms with E-state index in [-0.39, 0.29) is 5.78 Å². The van der Waals surface area contributed by atoms with Gasteiger partial charge in [0.25, 0.3) is 0 Å². The minimum absolute atomic E-state index is 0.121. The van der Waals surface area contributed by atoms with Crippen LogP contribution in [-0.2, 0) is 0 Å². The Hall–Kier alpha value is -2.57. The molecular formula is C11H7N6O+. The van der Waals surface area contributed by atoms with Crippen molar-refractivity contribution in [2.24, 2.45) is 25.7 Å². The third kappa shape index (κ3) is 1.05. The SMILES string of the molecule is Cc1ccc2c(c1)C1=NC3N=NN=[N+]3N=C1C2=O. The number of carbonyl (C=O) groups excluding carboxylic acids is 1. The highest BCUT2D eigenvalue weighted by Gasteiger charge is 2.41. The van der Waals surface area contributed by atoms with Crippen LogP contribution >= 0.6 is 0 Å². The van der Waals surface area contributed by atoms with Crippen LogP contribution in [0.3, 0.4) is 0 Å². The molecule has 0 aromatic heterocycles. The number of hydrazone groups is 1. The van der Waals surface area contributed by atoms with Crippen molar-refractivity contribution < 1.29 is 9.60 Å². The minimum atomic E-state index is -0.567. The van der Waals surface area contributed by atoms with Gasteiger partial charge < -0.3 is 0 Å². The van der Waals surface area contributed by atoms with Gasteiger partial charge in [0, 0.05) is 21.0 Å². The van der Waals surface area contributed by atoms with Crippen molar-refractivity contribution in [3.8, 4) is 0 Å². The monoisotopic (exact) mass is 239 g/mol.